The van der Waals surface area contributed by atoms with Crippen LogP contribution in [0.3, 0.4) is 0 Å². The molecule has 2 heteroatoms. The van der Waals surface area contributed by atoms with Gasteiger partial charge in [-0.25, -0.2) is 0 Å². The number of unbranched alkanes of at least 4 members (excludes halogenated alkanes) is 2. The quantitative estimate of drug-likeness (QED) is 0.191. The molecule has 0 aliphatic heterocycles. The maximum atomic E-state index is 10.3. The molecule has 132 valence electrons. The molecule has 0 atom stereocenters. The summed E-state index contributed by atoms with van der Waals surface area (Å²) in [6.07, 6.45) is 12.4. The van der Waals surface area contributed by atoms with Crippen molar-refractivity contribution in [3.05, 3.63) is 65.8 Å². The minimum absolute atomic E-state index is 0.656. The van der Waals surface area contributed by atoms with E-state index in [0.717, 1.165) is 62.4 Å². The van der Waals surface area contributed by atoms with Crippen LogP contribution in [0.5, 0.6) is 0 Å². The molecule has 0 spiro atoms. The van der Waals surface area contributed by atoms with Crippen LogP contribution < -0.4 is 0 Å². The van der Waals surface area contributed by atoms with E-state index in [-0.39, 0.29) is 0 Å². The molecule has 1 rings (SSSR count). The molecule has 0 saturated heterocycles. The lowest BCUT2D eigenvalue weighted by Crippen LogP contribution is -1.85. The smallest absolute Gasteiger partial charge is 0.119 e. The van der Waals surface area contributed by atoms with Gasteiger partial charge in [0.1, 0.15) is 6.29 Å². The van der Waals surface area contributed by atoms with E-state index < -0.39 is 0 Å². The Morgan fingerprint density at radius 2 is 1.76 bits per heavy atom. The fourth-order valence-corrected chi connectivity index (χ4v) is 2.65. The first-order valence-corrected chi connectivity index (χ1v) is 9.09. The Kier molecular flexibility index (Phi) is 10.7. The van der Waals surface area contributed by atoms with Crippen molar-refractivity contribution >= 4 is 11.9 Å². The first kappa shape index (κ1) is 20.6. The van der Waals surface area contributed by atoms with Crippen molar-refractivity contribution in [3.8, 4) is 6.07 Å². The summed E-state index contributed by atoms with van der Waals surface area (Å²) in [5.41, 5.74) is 4.48. The Labute approximate surface area is 152 Å². The average molecular weight is 335 g/mol. The molecule has 0 amide bonds. The highest BCUT2D eigenvalue weighted by atomic mass is 16.1. The van der Waals surface area contributed by atoms with Gasteiger partial charge in [0.05, 0.1) is 6.07 Å². The second kappa shape index (κ2) is 13.0. The first-order valence-electron chi connectivity index (χ1n) is 9.09. The molecule has 1 aromatic rings. The predicted molar refractivity (Wildman–Crippen MR) is 106 cm³/mol. The van der Waals surface area contributed by atoms with Crippen molar-refractivity contribution < 1.29 is 4.79 Å². The zero-order valence-corrected chi connectivity index (χ0v) is 15.3. The van der Waals surface area contributed by atoms with E-state index in [1.807, 2.05) is 24.3 Å². The van der Waals surface area contributed by atoms with Crippen molar-refractivity contribution in [2.24, 2.45) is 0 Å². The standard InChI is InChI=1S/C23H29NO/c1-20(11-5-4-8-18-25)12-9-14-22(19-24)15-10-13-21(2)23-16-6-3-7-17-23/h3,6-7,12,15-18H,2,4-5,8-11,13-14H2,1H3/b20-12?,22-15-. The van der Waals surface area contributed by atoms with E-state index in [1.165, 1.54) is 11.1 Å². The van der Waals surface area contributed by atoms with Crippen molar-refractivity contribution in [2.45, 2.75) is 58.3 Å². The molecule has 0 bridgehead atoms. The number of benzene rings is 1. The summed E-state index contributed by atoms with van der Waals surface area (Å²) < 4.78 is 0. The lowest BCUT2D eigenvalue weighted by Gasteiger charge is -2.04. The van der Waals surface area contributed by atoms with Gasteiger partial charge >= 0.3 is 0 Å². The van der Waals surface area contributed by atoms with Gasteiger partial charge in [0.2, 0.25) is 0 Å². The molecule has 0 fully saturated rings. The number of hydrogen-bond donors (Lipinski definition) is 0. The number of allylic oxidation sites excluding steroid dienone is 5. The van der Waals surface area contributed by atoms with Gasteiger partial charge in [-0.1, -0.05) is 54.6 Å². The van der Waals surface area contributed by atoms with Crippen molar-refractivity contribution in [1.29, 1.82) is 5.26 Å². The van der Waals surface area contributed by atoms with Crippen LogP contribution in [0.2, 0.25) is 0 Å². The van der Waals surface area contributed by atoms with Gasteiger partial charge in [-0.2, -0.15) is 5.26 Å². The fourth-order valence-electron chi connectivity index (χ4n) is 2.65. The van der Waals surface area contributed by atoms with E-state index >= 15 is 0 Å². The zero-order chi connectivity index (χ0) is 18.3. The van der Waals surface area contributed by atoms with Gasteiger partial charge in [-0.15, -0.1) is 0 Å². The van der Waals surface area contributed by atoms with Gasteiger partial charge in [-0.3, -0.25) is 0 Å². The molecule has 0 aliphatic rings. The van der Waals surface area contributed by atoms with Gasteiger partial charge in [0.15, 0.2) is 0 Å². The number of hydrogen-bond acceptors (Lipinski definition) is 2. The molecule has 0 radical (unpaired) electrons. The lowest BCUT2D eigenvalue weighted by atomic mass is 10.0. The zero-order valence-electron chi connectivity index (χ0n) is 15.3. The highest BCUT2D eigenvalue weighted by molar-refractivity contribution is 5.63. The largest absolute Gasteiger partial charge is 0.303 e. The van der Waals surface area contributed by atoms with Crippen LogP contribution in [0.15, 0.2) is 60.2 Å². The second-order valence-electron chi connectivity index (χ2n) is 6.35. The number of aldehydes is 1. The molecular formula is C23H29NO. The normalized spacial score (nSPS) is 11.8. The van der Waals surface area contributed by atoms with Crippen LogP contribution in [-0.4, -0.2) is 6.29 Å². The number of carbonyl (C=O) groups excluding carboxylic acids is 1. The highest BCUT2D eigenvalue weighted by Gasteiger charge is 1.99. The molecule has 0 aliphatic carbocycles. The van der Waals surface area contributed by atoms with E-state index in [1.54, 1.807) is 0 Å². The average Bonchev–Trinajstić information content (AvgIpc) is 2.64. The summed E-state index contributed by atoms with van der Waals surface area (Å²) in [5.74, 6) is 0. The van der Waals surface area contributed by atoms with Crippen molar-refractivity contribution in [1.82, 2.24) is 0 Å². The molecule has 1 aromatic carbocycles. The van der Waals surface area contributed by atoms with E-state index in [0.29, 0.717) is 6.42 Å². The third-order valence-electron chi connectivity index (χ3n) is 4.21. The number of carbonyl (C=O) groups is 1. The number of nitrogens with zero attached hydrogens (tertiary/aromatic N) is 1. The monoisotopic (exact) mass is 335 g/mol. The molecule has 2 nitrogen and oxygen atoms in total. The van der Waals surface area contributed by atoms with Crippen LogP contribution in [0.25, 0.3) is 5.57 Å². The van der Waals surface area contributed by atoms with Crippen LogP contribution in [0.4, 0.5) is 0 Å². The Balaban J connectivity index is 2.33. The third-order valence-corrected chi connectivity index (χ3v) is 4.21. The molecule has 0 unspecified atom stereocenters. The highest BCUT2D eigenvalue weighted by Crippen LogP contribution is 2.19. The maximum Gasteiger partial charge on any atom is 0.119 e. The lowest BCUT2D eigenvalue weighted by molar-refractivity contribution is -0.107. The molecule has 0 N–H and O–H groups in total. The Bertz CT molecular complexity index is 632. The SMILES string of the molecule is C=C(CC/C=C(\C#N)CCC=C(C)CCCCC=O)c1ccccc1. The summed E-state index contributed by atoms with van der Waals surface area (Å²) >= 11 is 0. The van der Waals surface area contributed by atoms with Crippen LogP contribution >= 0.6 is 0 Å². The van der Waals surface area contributed by atoms with Crippen LogP contribution in [0, 0.1) is 11.3 Å². The summed E-state index contributed by atoms with van der Waals surface area (Å²) in [5, 5.41) is 9.28. The summed E-state index contributed by atoms with van der Waals surface area (Å²) in [6.45, 7) is 6.26. The van der Waals surface area contributed by atoms with Crippen molar-refractivity contribution in [3.63, 3.8) is 0 Å². The van der Waals surface area contributed by atoms with Gasteiger partial charge in [0, 0.05) is 12.0 Å². The van der Waals surface area contributed by atoms with E-state index in [2.05, 4.69) is 37.8 Å². The van der Waals surface area contributed by atoms with E-state index in [9.17, 15) is 10.1 Å². The minimum atomic E-state index is 0.656. The summed E-state index contributed by atoms with van der Waals surface area (Å²) in [4.78, 5) is 10.3. The number of rotatable bonds is 12. The van der Waals surface area contributed by atoms with Crippen LogP contribution in [-0.2, 0) is 4.79 Å². The van der Waals surface area contributed by atoms with Gasteiger partial charge in [-0.05, 0) is 63.0 Å². The Morgan fingerprint density at radius 1 is 1.04 bits per heavy atom. The molecule has 0 saturated carbocycles. The molecule has 0 heterocycles. The third kappa shape index (κ3) is 9.47. The summed E-state index contributed by atoms with van der Waals surface area (Å²) in [6, 6.07) is 12.5. The predicted octanol–water partition coefficient (Wildman–Crippen LogP) is 6.42. The van der Waals surface area contributed by atoms with Crippen molar-refractivity contribution in [2.75, 3.05) is 0 Å². The maximum absolute atomic E-state index is 10.3. The first-order chi connectivity index (χ1) is 12.2. The van der Waals surface area contributed by atoms with Gasteiger partial charge < -0.3 is 4.79 Å². The summed E-state index contributed by atoms with van der Waals surface area (Å²) in [7, 11) is 0. The minimum Gasteiger partial charge on any atom is -0.303 e. The van der Waals surface area contributed by atoms with Crippen LogP contribution in [0.1, 0.15) is 63.9 Å². The molecule has 25 heavy (non-hydrogen) atoms. The molecular weight excluding hydrogens is 306 g/mol. The fraction of sp³-hybridized carbons (Fsp3) is 0.391. The molecule has 0 aromatic heterocycles. The Hall–Kier alpha value is -2.40. The number of nitriles is 1. The topological polar surface area (TPSA) is 40.9 Å². The Morgan fingerprint density at radius 3 is 2.44 bits per heavy atom. The van der Waals surface area contributed by atoms with E-state index in [4.69, 9.17) is 0 Å². The second-order valence-corrected chi connectivity index (χ2v) is 6.35. The van der Waals surface area contributed by atoms with Gasteiger partial charge in [0.25, 0.3) is 0 Å².